The smallest absolute Gasteiger partial charge is 0.354 e. The molecule has 3 aromatic heterocycles. The summed E-state index contributed by atoms with van der Waals surface area (Å²) < 4.78 is 1.63. The van der Waals surface area contributed by atoms with Gasteiger partial charge in [-0.3, -0.25) is 4.98 Å². The number of aromatic carboxylic acids is 1. The van der Waals surface area contributed by atoms with Gasteiger partial charge in [0, 0.05) is 23.7 Å². The molecule has 0 fully saturated rings. The lowest BCUT2D eigenvalue weighted by Gasteiger charge is -2.16. The molecule has 0 aliphatic carbocycles. The van der Waals surface area contributed by atoms with Crippen LogP contribution in [-0.2, 0) is 18.6 Å². The molecule has 10 nitrogen and oxygen atoms in total. The van der Waals surface area contributed by atoms with Gasteiger partial charge in [0.2, 0.25) is 5.82 Å². The summed E-state index contributed by atoms with van der Waals surface area (Å²) in [6, 6.07) is 11.5. The molecule has 0 aliphatic heterocycles. The Hall–Kier alpha value is -3.92. The van der Waals surface area contributed by atoms with Crippen LogP contribution < -0.4 is 0 Å². The number of benzene rings is 1. The molecule has 0 bridgehead atoms. The van der Waals surface area contributed by atoms with Crippen LogP contribution >= 0.6 is 0 Å². The maximum Gasteiger partial charge on any atom is 0.354 e. The quantitative estimate of drug-likeness (QED) is 0.374. The van der Waals surface area contributed by atoms with Crippen LogP contribution in [0.4, 0.5) is 0 Å². The molecule has 0 unspecified atom stereocenters. The average molecular weight is 447 g/mol. The van der Waals surface area contributed by atoms with Crippen LogP contribution in [0, 0.1) is 0 Å². The lowest BCUT2D eigenvalue weighted by atomic mass is 10.0. The second-order valence-corrected chi connectivity index (χ2v) is 8.24. The van der Waals surface area contributed by atoms with Crippen molar-refractivity contribution in [3.05, 3.63) is 65.5 Å². The van der Waals surface area contributed by atoms with E-state index in [0.29, 0.717) is 23.8 Å². The first kappa shape index (κ1) is 22.3. The van der Waals surface area contributed by atoms with Gasteiger partial charge < -0.3 is 14.8 Å². The molecule has 170 valence electrons. The minimum Gasteiger partial charge on any atom is -0.477 e. The van der Waals surface area contributed by atoms with Crippen LogP contribution in [0.15, 0.2) is 42.6 Å². The number of rotatable bonds is 8. The fourth-order valence-corrected chi connectivity index (χ4v) is 3.77. The number of nitrogens with zero attached hydrogens (tertiary/aromatic N) is 6. The second kappa shape index (κ2) is 8.91. The summed E-state index contributed by atoms with van der Waals surface area (Å²) in [6.07, 6.45) is 3.12. The molecule has 3 N–H and O–H groups in total. The van der Waals surface area contributed by atoms with Gasteiger partial charge in [-0.2, -0.15) is 5.21 Å². The number of carboxylic acid groups (broad SMARTS) is 1. The normalized spacial score (nSPS) is 11.6. The molecule has 1 aromatic carbocycles. The SMILES string of the molecule is CCCc1nc(C(C)(C)O)c(C(=O)O)n1Cc1ccc(-c2ccccc2-c2nn[nH]n2)cn1. The van der Waals surface area contributed by atoms with Crippen molar-refractivity contribution in [3.63, 3.8) is 0 Å². The van der Waals surface area contributed by atoms with Gasteiger partial charge in [-0.05, 0) is 37.1 Å². The van der Waals surface area contributed by atoms with E-state index >= 15 is 0 Å². The molecule has 0 aliphatic rings. The van der Waals surface area contributed by atoms with Gasteiger partial charge in [0.1, 0.15) is 17.1 Å². The first-order valence-corrected chi connectivity index (χ1v) is 10.6. The predicted octanol–water partition coefficient (Wildman–Crippen LogP) is 3.05. The van der Waals surface area contributed by atoms with E-state index in [9.17, 15) is 15.0 Å². The minimum absolute atomic E-state index is 0.0146. The highest BCUT2D eigenvalue weighted by atomic mass is 16.4. The largest absolute Gasteiger partial charge is 0.477 e. The highest BCUT2D eigenvalue weighted by molar-refractivity contribution is 5.87. The molecule has 0 amide bonds. The summed E-state index contributed by atoms with van der Waals surface area (Å²) in [5.41, 5.74) is 2.04. The second-order valence-electron chi connectivity index (χ2n) is 8.24. The van der Waals surface area contributed by atoms with Crippen molar-refractivity contribution < 1.29 is 15.0 Å². The van der Waals surface area contributed by atoms with Crippen molar-refractivity contribution in [1.29, 1.82) is 0 Å². The monoisotopic (exact) mass is 447 g/mol. The summed E-state index contributed by atoms with van der Waals surface area (Å²) >= 11 is 0. The van der Waals surface area contributed by atoms with E-state index in [2.05, 4.69) is 30.6 Å². The van der Waals surface area contributed by atoms with Gasteiger partial charge in [-0.1, -0.05) is 37.3 Å². The molecule has 4 rings (SSSR count). The van der Waals surface area contributed by atoms with E-state index in [-0.39, 0.29) is 17.9 Å². The number of aromatic nitrogens is 7. The number of hydrogen-bond donors (Lipinski definition) is 3. The third-order valence-corrected chi connectivity index (χ3v) is 5.27. The summed E-state index contributed by atoms with van der Waals surface area (Å²) in [6.45, 7) is 5.30. The molecule has 0 saturated carbocycles. The van der Waals surface area contributed by atoms with Crippen molar-refractivity contribution >= 4 is 5.97 Å². The van der Waals surface area contributed by atoms with E-state index < -0.39 is 11.6 Å². The Morgan fingerprint density at radius 3 is 2.48 bits per heavy atom. The van der Waals surface area contributed by atoms with Crippen molar-refractivity contribution in [3.8, 4) is 22.5 Å². The number of carboxylic acids is 1. The van der Waals surface area contributed by atoms with E-state index in [1.54, 1.807) is 10.8 Å². The van der Waals surface area contributed by atoms with Crippen LogP contribution in [-0.4, -0.2) is 51.3 Å². The fraction of sp³-hybridized carbons (Fsp3) is 0.304. The number of nitrogens with one attached hydrogen (secondary N) is 1. The Labute approximate surface area is 190 Å². The fourth-order valence-electron chi connectivity index (χ4n) is 3.77. The molecule has 0 radical (unpaired) electrons. The minimum atomic E-state index is -1.38. The molecule has 0 saturated heterocycles. The number of aryl methyl sites for hydroxylation is 1. The molecular weight excluding hydrogens is 422 g/mol. The first-order valence-electron chi connectivity index (χ1n) is 10.6. The summed E-state index contributed by atoms with van der Waals surface area (Å²) in [5.74, 6) is -0.0319. The van der Waals surface area contributed by atoms with E-state index in [4.69, 9.17) is 0 Å². The Morgan fingerprint density at radius 2 is 1.91 bits per heavy atom. The van der Waals surface area contributed by atoms with E-state index in [1.807, 2.05) is 43.3 Å². The zero-order valence-corrected chi connectivity index (χ0v) is 18.6. The molecule has 0 spiro atoms. The number of carbonyl (C=O) groups is 1. The first-order chi connectivity index (χ1) is 15.8. The lowest BCUT2D eigenvalue weighted by molar-refractivity contribution is 0.0602. The maximum absolute atomic E-state index is 12.1. The highest BCUT2D eigenvalue weighted by Gasteiger charge is 2.31. The number of H-pyrrole nitrogens is 1. The predicted molar refractivity (Wildman–Crippen MR) is 120 cm³/mol. The van der Waals surface area contributed by atoms with Crippen molar-refractivity contribution in [2.24, 2.45) is 0 Å². The zero-order chi connectivity index (χ0) is 23.6. The van der Waals surface area contributed by atoms with Crippen LogP contribution in [0.1, 0.15) is 54.9 Å². The standard InChI is InChI=1S/C23H25N7O3/c1-4-7-18-25-20(23(2,3)33)19(22(31)32)30(18)13-15-11-10-14(12-24-15)16-8-5-6-9-17(16)21-26-28-29-27-21/h5-6,8-12,33H,4,7,13H2,1-3H3,(H,31,32)(H,26,27,28,29). The highest BCUT2D eigenvalue weighted by Crippen LogP contribution is 2.30. The third-order valence-electron chi connectivity index (χ3n) is 5.27. The summed E-state index contributed by atoms with van der Waals surface area (Å²) in [7, 11) is 0. The van der Waals surface area contributed by atoms with Gasteiger partial charge in [-0.25, -0.2) is 9.78 Å². The van der Waals surface area contributed by atoms with Crippen LogP contribution in [0.25, 0.3) is 22.5 Å². The Kier molecular flexibility index (Phi) is 6.01. The molecule has 4 aromatic rings. The molecule has 33 heavy (non-hydrogen) atoms. The van der Waals surface area contributed by atoms with Gasteiger partial charge in [0.25, 0.3) is 0 Å². The molecule has 10 heteroatoms. The third kappa shape index (κ3) is 4.51. The number of pyridine rings is 1. The van der Waals surface area contributed by atoms with Crippen molar-refractivity contribution in [2.45, 2.75) is 45.8 Å². The average Bonchev–Trinajstić information content (AvgIpc) is 3.43. The Morgan fingerprint density at radius 1 is 1.15 bits per heavy atom. The number of hydrogen-bond acceptors (Lipinski definition) is 7. The Bertz CT molecular complexity index is 1260. The molecular formula is C23H25N7O3. The van der Waals surface area contributed by atoms with Crippen LogP contribution in [0.2, 0.25) is 0 Å². The summed E-state index contributed by atoms with van der Waals surface area (Å²) in [4.78, 5) is 21.1. The maximum atomic E-state index is 12.1. The number of tetrazole rings is 1. The van der Waals surface area contributed by atoms with Gasteiger partial charge >= 0.3 is 5.97 Å². The van der Waals surface area contributed by atoms with E-state index in [0.717, 1.165) is 23.1 Å². The zero-order valence-electron chi connectivity index (χ0n) is 18.6. The molecule has 0 atom stereocenters. The van der Waals surface area contributed by atoms with E-state index in [1.165, 1.54) is 13.8 Å². The van der Waals surface area contributed by atoms with Crippen molar-refractivity contribution in [2.75, 3.05) is 0 Å². The molecule has 3 heterocycles. The van der Waals surface area contributed by atoms with Gasteiger partial charge in [-0.15, -0.1) is 10.2 Å². The van der Waals surface area contributed by atoms with Crippen LogP contribution in [0.5, 0.6) is 0 Å². The lowest BCUT2D eigenvalue weighted by Crippen LogP contribution is -2.22. The summed E-state index contributed by atoms with van der Waals surface area (Å²) in [5, 5.41) is 34.6. The van der Waals surface area contributed by atoms with Crippen molar-refractivity contribution in [1.82, 2.24) is 35.2 Å². The Balaban J connectivity index is 1.70. The number of imidazole rings is 1. The topological polar surface area (TPSA) is 143 Å². The number of aliphatic hydroxyl groups is 1. The number of aromatic amines is 1. The van der Waals surface area contributed by atoms with Gasteiger partial charge in [0.15, 0.2) is 5.69 Å². The van der Waals surface area contributed by atoms with Gasteiger partial charge in [0.05, 0.1) is 12.2 Å². The van der Waals surface area contributed by atoms with Crippen LogP contribution in [0.3, 0.4) is 0 Å².